The molecule has 1 N–H and O–H groups in total. The van der Waals surface area contributed by atoms with Crippen LogP contribution in [-0.2, 0) is 11.3 Å². The molecule has 7 nitrogen and oxygen atoms in total. The van der Waals surface area contributed by atoms with E-state index >= 15 is 0 Å². The number of nitrogens with one attached hydrogen (secondary N) is 1. The fourth-order valence-corrected chi connectivity index (χ4v) is 3.47. The van der Waals surface area contributed by atoms with E-state index < -0.39 is 0 Å². The number of rotatable bonds is 5. The molecule has 0 saturated heterocycles. The van der Waals surface area contributed by atoms with Gasteiger partial charge in [0.25, 0.3) is 5.56 Å². The fourth-order valence-electron chi connectivity index (χ4n) is 3.47. The largest absolute Gasteiger partial charge is 0.324 e. The zero-order valence-electron chi connectivity index (χ0n) is 17.2. The van der Waals surface area contributed by atoms with Crippen LogP contribution in [0.5, 0.6) is 0 Å². The van der Waals surface area contributed by atoms with Gasteiger partial charge in [0.2, 0.25) is 5.91 Å². The zero-order valence-corrected chi connectivity index (χ0v) is 17.2. The number of amides is 1. The van der Waals surface area contributed by atoms with Crippen LogP contribution in [0.4, 0.5) is 5.69 Å². The van der Waals surface area contributed by atoms with Crippen molar-refractivity contribution in [3.8, 4) is 5.69 Å². The third kappa shape index (κ3) is 3.61. The molecule has 0 unspecified atom stereocenters. The molecule has 0 radical (unpaired) electrons. The van der Waals surface area contributed by atoms with Crippen LogP contribution in [0, 0.1) is 6.92 Å². The molecule has 0 aliphatic rings. The molecule has 7 heteroatoms. The number of carbonyl (C=O) groups is 1. The molecule has 0 saturated carbocycles. The van der Waals surface area contributed by atoms with E-state index in [-0.39, 0.29) is 23.9 Å². The molecule has 2 aromatic heterocycles. The monoisotopic (exact) mass is 401 g/mol. The topological polar surface area (TPSA) is 81.8 Å². The Bertz CT molecular complexity index is 1270. The van der Waals surface area contributed by atoms with Crippen LogP contribution in [-0.4, -0.2) is 25.5 Å². The Kier molecular flexibility index (Phi) is 5.18. The predicted octanol–water partition coefficient (Wildman–Crippen LogP) is 3.65. The van der Waals surface area contributed by atoms with Gasteiger partial charge in [-0.05, 0) is 36.6 Å². The average Bonchev–Trinajstić information content (AvgIpc) is 3.16. The lowest BCUT2D eigenvalue weighted by atomic mass is 10.1. The molecule has 0 bridgehead atoms. The Labute approximate surface area is 174 Å². The second-order valence-corrected chi connectivity index (χ2v) is 7.52. The Balaban J connectivity index is 1.82. The van der Waals surface area contributed by atoms with Gasteiger partial charge in [0.05, 0.1) is 17.6 Å². The van der Waals surface area contributed by atoms with Gasteiger partial charge in [-0.1, -0.05) is 50.2 Å². The normalized spacial score (nSPS) is 11.2. The summed E-state index contributed by atoms with van der Waals surface area (Å²) in [6.07, 6.45) is 1.68. The van der Waals surface area contributed by atoms with Crippen LogP contribution >= 0.6 is 0 Å². The van der Waals surface area contributed by atoms with E-state index in [2.05, 4.69) is 15.5 Å². The summed E-state index contributed by atoms with van der Waals surface area (Å²) in [5.74, 6) is -0.252. The standard InChI is InChI=1S/C23H23N5O2/c1-15(2)21-18-13-24-28(19-12-8-7-9-16(19)3)22(18)23(30)27(26-21)14-20(29)25-17-10-5-4-6-11-17/h4-13,15H,14H2,1-3H3,(H,25,29). The molecule has 152 valence electrons. The van der Waals surface area contributed by atoms with Crippen molar-refractivity contribution in [3.63, 3.8) is 0 Å². The molecule has 0 atom stereocenters. The zero-order chi connectivity index (χ0) is 21.3. The Morgan fingerprint density at radius 1 is 1.07 bits per heavy atom. The number of aromatic nitrogens is 4. The number of benzene rings is 2. The van der Waals surface area contributed by atoms with Crippen molar-refractivity contribution in [3.05, 3.63) is 82.4 Å². The third-order valence-corrected chi connectivity index (χ3v) is 4.95. The predicted molar refractivity (Wildman–Crippen MR) is 117 cm³/mol. The number of carbonyl (C=O) groups excluding carboxylic acids is 1. The van der Waals surface area contributed by atoms with Gasteiger partial charge in [-0.3, -0.25) is 9.59 Å². The smallest absolute Gasteiger partial charge is 0.293 e. The third-order valence-electron chi connectivity index (χ3n) is 4.95. The summed E-state index contributed by atoms with van der Waals surface area (Å²) < 4.78 is 2.87. The van der Waals surface area contributed by atoms with Gasteiger partial charge >= 0.3 is 0 Å². The number of fused-ring (bicyclic) bond motifs is 1. The summed E-state index contributed by atoms with van der Waals surface area (Å²) in [4.78, 5) is 25.9. The molecule has 4 rings (SSSR count). The van der Waals surface area contributed by atoms with Crippen molar-refractivity contribution >= 4 is 22.5 Å². The van der Waals surface area contributed by atoms with E-state index in [0.717, 1.165) is 16.9 Å². The molecular formula is C23H23N5O2. The first kappa shape index (κ1) is 19.6. The van der Waals surface area contributed by atoms with Gasteiger partial charge < -0.3 is 5.32 Å². The maximum absolute atomic E-state index is 13.3. The molecule has 0 aliphatic carbocycles. The minimum absolute atomic E-state index is 0.0612. The van der Waals surface area contributed by atoms with E-state index in [1.807, 2.05) is 63.2 Å². The molecule has 4 aromatic rings. The summed E-state index contributed by atoms with van der Waals surface area (Å²) in [5.41, 5.74) is 3.31. The van der Waals surface area contributed by atoms with Gasteiger partial charge in [-0.15, -0.1) is 0 Å². The number of nitrogens with zero attached hydrogens (tertiary/aromatic N) is 4. The Hall–Kier alpha value is -3.74. The average molecular weight is 401 g/mol. The first-order chi connectivity index (χ1) is 14.5. The summed E-state index contributed by atoms with van der Waals surface area (Å²) in [5, 5.41) is 12.5. The molecule has 30 heavy (non-hydrogen) atoms. The van der Waals surface area contributed by atoms with Crippen molar-refractivity contribution < 1.29 is 4.79 Å². The number of anilines is 1. The number of hydrogen-bond acceptors (Lipinski definition) is 4. The quantitative estimate of drug-likeness (QED) is 0.553. The number of aryl methyl sites for hydroxylation is 1. The highest BCUT2D eigenvalue weighted by Gasteiger charge is 2.20. The van der Waals surface area contributed by atoms with Crippen LogP contribution in [0.15, 0.2) is 65.6 Å². The Morgan fingerprint density at radius 2 is 1.77 bits per heavy atom. The summed E-state index contributed by atoms with van der Waals surface area (Å²) in [6, 6.07) is 16.9. The maximum atomic E-state index is 13.3. The summed E-state index contributed by atoms with van der Waals surface area (Å²) in [7, 11) is 0. The van der Waals surface area contributed by atoms with Crippen LogP contribution in [0.3, 0.4) is 0 Å². The second-order valence-electron chi connectivity index (χ2n) is 7.52. The van der Waals surface area contributed by atoms with Crippen LogP contribution in [0.2, 0.25) is 0 Å². The Morgan fingerprint density at radius 3 is 2.47 bits per heavy atom. The lowest BCUT2D eigenvalue weighted by molar-refractivity contribution is -0.117. The molecular weight excluding hydrogens is 378 g/mol. The van der Waals surface area contributed by atoms with Crippen LogP contribution in [0.25, 0.3) is 16.6 Å². The van der Waals surface area contributed by atoms with Gasteiger partial charge in [0.15, 0.2) is 0 Å². The van der Waals surface area contributed by atoms with Crippen molar-refractivity contribution in [1.29, 1.82) is 0 Å². The van der Waals surface area contributed by atoms with Crippen molar-refractivity contribution in [1.82, 2.24) is 19.6 Å². The highest BCUT2D eigenvalue weighted by atomic mass is 16.2. The van der Waals surface area contributed by atoms with Crippen LogP contribution < -0.4 is 10.9 Å². The lowest BCUT2D eigenvalue weighted by Gasteiger charge is -2.13. The highest BCUT2D eigenvalue weighted by Crippen LogP contribution is 2.24. The SMILES string of the molecule is Cc1ccccc1-n1ncc2c(C(C)C)nn(CC(=O)Nc3ccccc3)c(=O)c21. The van der Waals surface area contributed by atoms with E-state index in [0.29, 0.717) is 16.6 Å². The lowest BCUT2D eigenvalue weighted by Crippen LogP contribution is -2.31. The first-order valence-corrected chi connectivity index (χ1v) is 9.85. The molecule has 2 heterocycles. The molecule has 2 aromatic carbocycles. The van der Waals surface area contributed by atoms with Gasteiger partial charge in [-0.2, -0.15) is 10.2 Å². The van der Waals surface area contributed by atoms with E-state index in [1.165, 1.54) is 4.68 Å². The highest BCUT2D eigenvalue weighted by molar-refractivity contribution is 5.90. The van der Waals surface area contributed by atoms with E-state index in [9.17, 15) is 9.59 Å². The molecule has 0 aliphatic heterocycles. The van der Waals surface area contributed by atoms with E-state index in [1.54, 1.807) is 23.0 Å². The van der Waals surface area contributed by atoms with E-state index in [4.69, 9.17) is 0 Å². The summed E-state index contributed by atoms with van der Waals surface area (Å²) in [6.45, 7) is 5.80. The number of para-hydroxylation sites is 2. The first-order valence-electron chi connectivity index (χ1n) is 9.85. The second kappa shape index (κ2) is 7.94. The van der Waals surface area contributed by atoms with Gasteiger partial charge in [0, 0.05) is 11.1 Å². The van der Waals surface area contributed by atoms with Gasteiger partial charge in [-0.25, -0.2) is 9.36 Å². The number of hydrogen-bond donors (Lipinski definition) is 1. The fraction of sp³-hybridized carbons (Fsp3) is 0.217. The van der Waals surface area contributed by atoms with Crippen LogP contribution in [0.1, 0.15) is 31.0 Å². The minimum atomic E-state index is -0.349. The summed E-state index contributed by atoms with van der Waals surface area (Å²) >= 11 is 0. The molecule has 0 fully saturated rings. The minimum Gasteiger partial charge on any atom is -0.324 e. The van der Waals surface area contributed by atoms with Crippen molar-refractivity contribution in [2.75, 3.05) is 5.32 Å². The van der Waals surface area contributed by atoms with Crippen molar-refractivity contribution in [2.45, 2.75) is 33.2 Å². The van der Waals surface area contributed by atoms with Crippen molar-refractivity contribution in [2.24, 2.45) is 0 Å². The molecule has 1 amide bonds. The maximum Gasteiger partial charge on any atom is 0.293 e. The van der Waals surface area contributed by atoms with Gasteiger partial charge in [0.1, 0.15) is 12.1 Å². The molecule has 0 spiro atoms.